The summed E-state index contributed by atoms with van der Waals surface area (Å²) in [5.41, 5.74) is 2.28. The molecule has 0 atom stereocenters. The summed E-state index contributed by atoms with van der Waals surface area (Å²) in [6.07, 6.45) is -4.78. The average Bonchev–Trinajstić information content (AvgIpc) is 3.09. The van der Waals surface area contributed by atoms with Crippen LogP contribution in [0.5, 0.6) is 5.75 Å². The number of aromatic amines is 1. The zero-order chi connectivity index (χ0) is 20.8. The second-order valence-corrected chi connectivity index (χ2v) is 7.43. The van der Waals surface area contributed by atoms with Crippen LogP contribution in [0.25, 0.3) is 21.1 Å². The van der Waals surface area contributed by atoms with Crippen LogP contribution in [-0.4, -0.2) is 28.4 Å². The van der Waals surface area contributed by atoms with Gasteiger partial charge in [0.1, 0.15) is 16.3 Å². The number of ether oxygens (including phenoxy) is 1. The van der Waals surface area contributed by atoms with E-state index in [0.717, 1.165) is 0 Å². The van der Waals surface area contributed by atoms with Crippen molar-refractivity contribution in [2.45, 2.75) is 19.8 Å². The summed E-state index contributed by atoms with van der Waals surface area (Å²) in [6, 6.07) is 7.56. The molecule has 6 nitrogen and oxygen atoms in total. The van der Waals surface area contributed by atoms with Gasteiger partial charge in [0, 0.05) is 23.8 Å². The van der Waals surface area contributed by atoms with E-state index in [-0.39, 0.29) is 17.9 Å². The highest BCUT2D eigenvalue weighted by Gasteiger charge is 2.31. The number of nitrogens with zero attached hydrogens (tertiary/aromatic N) is 3. The van der Waals surface area contributed by atoms with Gasteiger partial charge in [-0.2, -0.15) is 0 Å². The van der Waals surface area contributed by atoms with Crippen molar-refractivity contribution in [3.8, 4) is 5.75 Å². The minimum absolute atomic E-state index is 0.218. The van der Waals surface area contributed by atoms with Crippen LogP contribution in [0.3, 0.4) is 0 Å². The Balaban J connectivity index is 1.74. The third kappa shape index (κ3) is 4.02. The Morgan fingerprint density at radius 1 is 1.17 bits per heavy atom. The van der Waals surface area contributed by atoms with Gasteiger partial charge in [-0.1, -0.05) is 0 Å². The molecule has 0 saturated heterocycles. The Hall–Kier alpha value is -3.14. The standard InChI is InChI=1S/C19H15F3N4O2S/c1-10-7-15(12-8-11(28-19(20,21)22)3-4-13(12)23-10)26(2)9-16-24-14-5-6-29-17(14)18(27)25-16/h3-8H,9H2,1-2H3,(H,24,25,27). The topological polar surface area (TPSA) is 71.1 Å². The van der Waals surface area contributed by atoms with Crippen molar-refractivity contribution in [3.63, 3.8) is 0 Å². The Morgan fingerprint density at radius 3 is 2.72 bits per heavy atom. The molecule has 1 aromatic carbocycles. The van der Waals surface area contributed by atoms with Crippen molar-refractivity contribution in [2.24, 2.45) is 0 Å². The van der Waals surface area contributed by atoms with Crippen LogP contribution in [0.15, 0.2) is 40.5 Å². The minimum atomic E-state index is -4.78. The molecule has 4 rings (SSSR count). The lowest BCUT2D eigenvalue weighted by molar-refractivity contribution is -0.274. The molecule has 0 aliphatic rings. The summed E-state index contributed by atoms with van der Waals surface area (Å²) in [6.45, 7) is 2.05. The molecule has 3 heterocycles. The van der Waals surface area contributed by atoms with Crippen molar-refractivity contribution < 1.29 is 17.9 Å². The first-order chi connectivity index (χ1) is 13.7. The second kappa shape index (κ2) is 7.03. The van der Waals surface area contributed by atoms with Gasteiger partial charge in [-0.3, -0.25) is 9.78 Å². The zero-order valence-electron chi connectivity index (χ0n) is 15.4. The number of anilines is 1. The molecule has 0 unspecified atom stereocenters. The summed E-state index contributed by atoms with van der Waals surface area (Å²) in [5, 5.41) is 2.29. The van der Waals surface area contributed by atoms with Gasteiger partial charge in [-0.15, -0.1) is 24.5 Å². The first-order valence-electron chi connectivity index (χ1n) is 8.54. The number of H-pyrrole nitrogens is 1. The van der Waals surface area contributed by atoms with Crippen molar-refractivity contribution in [1.82, 2.24) is 15.0 Å². The third-order valence-electron chi connectivity index (χ3n) is 4.28. The lowest BCUT2D eigenvalue weighted by Gasteiger charge is -2.21. The average molecular weight is 420 g/mol. The van der Waals surface area contributed by atoms with Crippen molar-refractivity contribution in [2.75, 3.05) is 11.9 Å². The van der Waals surface area contributed by atoms with Gasteiger partial charge >= 0.3 is 6.36 Å². The Bertz CT molecular complexity index is 1270. The Morgan fingerprint density at radius 2 is 1.97 bits per heavy atom. The highest BCUT2D eigenvalue weighted by Crippen LogP contribution is 2.32. The van der Waals surface area contributed by atoms with Crippen LogP contribution < -0.4 is 15.2 Å². The SMILES string of the molecule is Cc1cc(N(C)Cc2nc3ccsc3c(=O)[nH]2)c2cc(OC(F)(F)F)ccc2n1. The molecule has 0 saturated carbocycles. The highest BCUT2D eigenvalue weighted by atomic mass is 32.1. The summed E-state index contributed by atoms with van der Waals surface area (Å²) in [4.78, 5) is 25.6. The van der Waals surface area contributed by atoms with Gasteiger partial charge in [0.25, 0.3) is 5.56 Å². The maximum Gasteiger partial charge on any atom is 0.573 e. The zero-order valence-corrected chi connectivity index (χ0v) is 16.2. The lowest BCUT2D eigenvalue weighted by Crippen LogP contribution is -2.21. The monoisotopic (exact) mass is 420 g/mol. The number of pyridine rings is 1. The molecule has 0 amide bonds. The van der Waals surface area contributed by atoms with Gasteiger partial charge in [0.2, 0.25) is 0 Å². The van der Waals surface area contributed by atoms with E-state index in [9.17, 15) is 18.0 Å². The van der Waals surface area contributed by atoms with Crippen LogP contribution in [-0.2, 0) is 6.54 Å². The number of rotatable bonds is 4. The second-order valence-electron chi connectivity index (χ2n) is 6.51. The minimum Gasteiger partial charge on any atom is -0.406 e. The van der Waals surface area contributed by atoms with Gasteiger partial charge < -0.3 is 14.6 Å². The predicted molar refractivity (Wildman–Crippen MR) is 106 cm³/mol. The number of aromatic nitrogens is 3. The van der Waals surface area contributed by atoms with Crippen LogP contribution in [0.4, 0.5) is 18.9 Å². The summed E-state index contributed by atoms with van der Waals surface area (Å²) in [5.74, 6) is 0.130. The maximum absolute atomic E-state index is 12.6. The van der Waals surface area contributed by atoms with Gasteiger partial charge in [-0.05, 0) is 42.6 Å². The number of benzene rings is 1. The molecule has 29 heavy (non-hydrogen) atoms. The van der Waals surface area contributed by atoms with E-state index in [1.54, 1.807) is 36.4 Å². The first-order valence-corrected chi connectivity index (χ1v) is 9.42. The fourth-order valence-corrected chi connectivity index (χ4v) is 3.86. The van der Waals surface area contributed by atoms with E-state index in [0.29, 0.717) is 38.3 Å². The van der Waals surface area contributed by atoms with E-state index in [2.05, 4.69) is 19.7 Å². The molecule has 0 fully saturated rings. The fourth-order valence-electron chi connectivity index (χ4n) is 3.13. The van der Waals surface area contributed by atoms with Crippen molar-refractivity contribution in [1.29, 1.82) is 0 Å². The molecule has 150 valence electrons. The molecular formula is C19H15F3N4O2S. The molecule has 10 heteroatoms. The molecule has 0 spiro atoms. The van der Waals surface area contributed by atoms with E-state index in [1.165, 1.54) is 29.5 Å². The predicted octanol–water partition coefficient (Wildman–Crippen LogP) is 4.38. The quantitative estimate of drug-likeness (QED) is 0.531. The van der Waals surface area contributed by atoms with Crippen LogP contribution in [0.2, 0.25) is 0 Å². The molecule has 3 aromatic heterocycles. The molecule has 0 aliphatic heterocycles. The number of hydrogen-bond acceptors (Lipinski definition) is 6. The van der Waals surface area contributed by atoms with E-state index >= 15 is 0 Å². The highest BCUT2D eigenvalue weighted by molar-refractivity contribution is 7.17. The number of alkyl halides is 3. The van der Waals surface area contributed by atoms with E-state index < -0.39 is 6.36 Å². The van der Waals surface area contributed by atoms with Gasteiger partial charge in [0.15, 0.2) is 0 Å². The Labute approximate surface area is 166 Å². The number of fused-ring (bicyclic) bond motifs is 2. The molecule has 0 bridgehead atoms. The third-order valence-corrected chi connectivity index (χ3v) is 5.18. The van der Waals surface area contributed by atoms with Gasteiger partial charge in [0.05, 0.1) is 17.6 Å². The number of halogens is 3. The number of hydrogen-bond donors (Lipinski definition) is 1. The normalized spacial score (nSPS) is 11.9. The summed E-state index contributed by atoms with van der Waals surface area (Å²) < 4.78 is 42.4. The van der Waals surface area contributed by atoms with E-state index in [4.69, 9.17) is 0 Å². The number of nitrogens with one attached hydrogen (secondary N) is 1. The largest absolute Gasteiger partial charge is 0.573 e. The van der Waals surface area contributed by atoms with Gasteiger partial charge in [-0.25, -0.2) is 4.98 Å². The van der Waals surface area contributed by atoms with Crippen LogP contribution >= 0.6 is 11.3 Å². The maximum atomic E-state index is 12.6. The number of thiophene rings is 1. The van der Waals surface area contributed by atoms with Crippen LogP contribution in [0.1, 0.15) is 11.5 Å². The summed E-state index contributed by atoms with van der Waals surface area (Å²) >= 11 is 1.31. The molecule has 0 aliphatic carbocycles. The molecule has 4 aromatic rings. The smallest absolute Gasteiger partial charge is 0.406 e. The van der Waals surface area contributed by atoms with Crippen molar-refractivity contribution >= 4 is 38.1 Å². The van der Waals surface area contributed by atoms with Crippen molar-refractivity contribution in [3.05, 3.63) is 57.6 Å². The Kier molecular flexibility index (Phi) is 4.65. The first kappa shape index (κ1) is 19.2. The lowest BCUT2D eigenvalue weighted by atomic mass is 10.1. The number of aryl methyl sites for hydroxylation is 1. The molecule has 1 N–H and O–H groups in total. The fraction of sp³-hybridized carbons (Fsp3) is 0.211. The molecular weight excluding hydrogens is 405 g/mol. The molecule has 0 radical (unpaired) electrons. The van der Waals surface area contributed by atoms with Crippen LogP contribution in [0, 0.1) is 6.92 Å². The summed E-state index contributed by atoms with van der Waals surface area (Å²) in [7, 11) is 1.77. The van der Waals surface area contributed by atoms with E-state index in [1.807, 2.05) is 0 Å².